The second-order valence-electron chi connectivity index (χ2n) is 7.32. The first kappa shape index (κ1) is 19.6. The normalized spacial score (nSPS) is 12.3. The molecule has 2 amide bonds. The van der Waals surface area contributed by atoms with Crippen molar-refractivity contribution in [3.63, 3.8) is 0 Å². The third kappa shape index (κ3) is 4.66. The van der Waals surface area contributed by atoms with Crippen LogP contribution in [0.25, 0.3) is 0 Å². The fourth-order valence-electron chi connectivity index (χ4n) is 3.58. The Balaban J connectivity index is 1.26. The van der Waals surface area contributed by atoms with Crippen LogP contribution in [-0.2, 0) is 17.6 Å². The average Bonchev–Trinajstić information content (AvgIpc) is 3.45. The average molecular weight is 402 g/mol. The molecule has 3 aromatic rings. The minimum atomic E-state index is -0.346. The van der Waals surface area contributed by atoms with Crippen molar-refractivity contribution in [1.82, 2.24) is 0 Å². The van der Waals surface area contributed by atoms with Gasteiger partial charge in [-0.25, -0.2) is 0 Å². The largest absolute Gasteiger partial charge is 0.459 e. The molecule has 2 N–H and O–H groups in total. The zero-order chi connectivity index (χ0) is 20.9. The summed E-state index contributed by atoms with van der Waals surface area (Å²) in [4.78, 5) is 36.6. The van der Waals surface area contributed by atoms with Gasteiger partial charge in [0.25, 0.3) is 5.91 Å². The lowest BCUT2D eigenvalue weighted by Gasteiger charge is -2.08. The number of rotatable bonds is 7. The summed E-state index contributed by atoms with van der Waals surface area (Å²) < 4.78 is 5.05. The summed E-state index contributed by atoms with van der Waals surface area (Å²) in [6.07, 6.45) is 4.96. The summed E-state index contributed by atoms with van der Waals surface area (Å²) in [5.74, 6) is -0.366. The maximum atomic E-state index is 12.4. The zero-order valence-electron chi connectivity index (χ0n) is 16.4. The zero-order valence-corrected chi connectivity index (χ0v) is 16.4. The Morgan fingerprint density at radius 3 is 2.30 bits per heavy atom. The number of carbonyl (C=O) groups excluding carboxylic acids is 3. The van der Waals surface area contributed by atoms with Gasteiger partial charge in [-0.15, -0.1) is 0 Å². The van der Waals surface area contributed by atoms with Crippen LogP contribution < -0.4 is 10.6 Å². The van der Waals surface area contributed by atoms with Crippen LogP contribution >= 0.6 is 0 Å². The monoisotopic (exact) mass is 402 g/mol. The Hall–Kier alpha value is -3.67. The molecule has 0 atom stereocenters. The van der Waals surface area contributed by atoms with Crippen molar-refractivity contribution in [2.45, 2.75) is 32.1 Å². The van der Waals surface area contributed by atoms with Gasteiger partial charge in [0.05, 0.1) is 6.26 Å². The molecule has 1 aliphatic carbocycles. The number of amides is 2. The topological polar surface area (TPSA) is 88.4 Å². The van der Waals surface area contributed by atoms with Crippen LogP contribution in [0.4, 0.5) is 11.4 Å². The summed E-state index contributed by atoms with van der Waals surface area (Å²) in [7, 11) is 0. The van der Waals surface area contributed by atoms with Gasteiger partial charge in [-0.05, 0) is 72.9 Å². The number of anilines is 2. The summed E-state index contributed by atoms with van der Waals surface area (Å²) in [5.41, 5.74) is 4.44. The first-order valence-electron chi connectivity index (χ1n) is 9.98. The molecule has 152 valence electrons. The van der Waals surface area contributed by atoms with Gasteiger partial charge in [0.2, 0.25) is 5.91 Å². The molecule has 6 nitrogen and oxygen atoms in total. The van der Waals surface area contributed by atoms with E-state index < -0.39 is 0 Å². The predicted molar refractivity (Wildman–Crippen MR) is 114 cm³/mol. The van der Waals surface area contributed by atoms with Gasteiger partial charge in [0.1, 0.15) is 0 Å². The third-order valence-corrected chi connectivity index (χ3v) is 5.17. The number of fused-ring (bicyclic) bond motifs is 1. The lowest BCUT2D eigenvalue weighted by atomic mass is 10.0. The van der Waals surface area contributed by atoms with Gasteiger partial charge >= 0.3 is 0 Å². The van der Waals surface area contributed by atoms with Gasteiger partial charge in [-0.3, -0.25) is 14.4 Å². The van der Waals surface area contributed by atoms with E-state index in [1.54, 1.807) is 36.4 Å². The molecule has 2 aromatic carbocycles. The standard InChI is InChI=1S/C24H22N2O4/c27-21(18-7-6-16-3-1-4-17(16)15-18)12-13-23(28)25-19-8-10-20(11-9-19)26-24(29)22-5-2-14-30-22/h2,5-11,14-15H,1,3-4,12-13H2,(H,25,28)(H,26,29). The van der Waals surface area contributed by atoms with E-state index in [-0.39, 0.29) is 36.2 Å². The Bertz CT molecular complexity index is 1070. The molecule has 1 aromatic heterocycles. The fourth-order valence-corrected chi connectivity index (χ4v) is 3.58. The van der Waals surface area contributed by atoms with Gasteiger partial charge in [0.15, 0.2) is 11.5 Å². The molecule has 0 fully saturated rings. The van der Waals surface area contributed by atoms with E-state index in [4.69, 9.17) is 4.42 Å². The molecule has 0 spiro atoms. The number of carbonyl (C=O) groups is 3. The molecular formula is C24H22N2O4. The molecule has 6 heteroatoms. The summed E-state index contributed by atoms with van der Waals surface area (Å²) in [6.45, 7) is 0. The van der Waals surface area contributed by atoms with Crippen molar-refractivity contribution >= 4 is 29.0 Å². The third-order valence-electron chi connectivity index (χ3n) is 5.17. The van der Waals surface area contributed by atoms with Crippen molar-refractivity contribution in [1.29, 1.82) is 0 Å². The molecule has 1 heterocycles. The number of Topliss-reactive ketones (excluding diaryl/α,β-unsaturated/α-hetero) is 1. The molecule has 0 saturated carbocycles. The second kappa shape index (κ2) is 8.78. The van der Waals surface area contributed by atoms with E-state index in [9.17, 15) is 14.4 Å². The number of nitrogens with one attached hydrogen (secondary N) is 2. The molecule has 1 aliphatic rings. The maximum absolute atomic E-state index is 12.4. The van der Waals surface area contributed by atoms with Crippen molar-refractivity contribution in [2.24, 2.45) is 0 Å². The molecule has 30 heavy (non-hydrogen) atoms. The van der Waals surface area contributed by atoms with Crippen molar-refractivity contribution in [3.8, 4) is 0 Å². The van der Waals surface area contributed by atoms with Crippen LogP contribution in [0.1, 0.15) is 51.3 Å². The van der Waals surface area contributed by atoms with Crippen LogP contribution in [0, 0.1) is 0 Å². The Morgan fingerprint density at radius 1 is 0.833 bits per heavy atom. The Labute approximate surface area is 174 Å². The number of hydrogen-bond donors (Lipinski definition) is 2. The van der Waals surface area contributed by atoms with Crippen LogP contribution in [0.3, 0.4) is 0 Å². The minimum Gasteiger partial charge on any atom is -0.459 e. The van der Waals surface area contributed by atoms with Crippen molar-refractivity contribution in [3.05, 3.63) is 83.3 Å². The smallest absolute Gasteiger partial charge is 0.291 e. The molecule has 0 saturated heterocycles. The SMILES string of the molecule is O=C(CCC(=O)c1ccc2c(c1)CCC2)Nc1ccc(NC(=O)c2ccco2)cc1. The maximum Gasteiger partial charge on any atom is 0.291 e. The Morgan fingerprint density at radius 2 is 1.57 bits per heavy atom. The van der Waals surface area contributed by atoms with Crippen molar-refractivity contribution < 1.29 is 18.8 Å². The van der Waals surface area contributed by atoms with E-state index in [1.165, 1.54) is 17.4 Å². The van der Waals surface area contributed by atoms with Gasteiger partial charge in [-0.1, -0.05) is 12.1 Å². The van der Waals surface area contributed by atoms with E-state index in [0.29, 0.717) is 16.9 Å². The number of furan rings is 1. The molecule has 0 bridgehead atoms. The number of hydrogen-bond acceptors (Lipinski definition) is 4. The lowest BCUT2D eigenvalue weighted by molar-refractivity contribution is -0.116. The van der Waals surface area contributed by atoms with E-state index >= 15 is 0 Å². The van der Waals surface area contributed by atoms with Crippen LogP contribution in [0.15, 0.2) is 65.3 Å². The quantitative estimate of drug-likeness (QED) is 0.564. The first-order valence-corrected chi connectivity index (χ1v) is 9.98. The lowest BCUT2D eigenvalue weighted by Crippen LogP contribution is -2.14. The van der Waals surface area contributed by atoms with Crippen molar-refractivity contribution in [2.75, 3.05) is 10.6 Å². The van der Waals surface area contributed by atoms with Gasteiger partial charge in [0, 0.05) is 29.8 Å². The first-order chi connectivity index (χ1) is 14.6. The van der Waals surface area contributed by atoms with Gasteiger partial charge < -0.3 is 15.1 Å². The molecule has 0 aliphatic heterocycles. The van der Waals surface area contributed by atoms with E-state index in [1.807, 2.05) is 18.2 Å². The van der Waals surface area contributed by atoms with Crippen LogP contribution in [0.2, 0.25) is 0 Å². The summed E-state index contributed by atoms with van der Waals surface area (Å²) in [6, 6.07) is 15.8. The minimum absolute atomic E-state index is 0.0177. The molecule has 0 radical (unpaired) electrons. The Kier molecular flexibility index (Phi) is 5.75. The highest BCUT2D eigenvalue weighted by Crippen LogP contribution is 2.23. The van der Waals surface area contributed by atoms with E-state index in [2.05, 4.69) is 10.6 Å². The van der Waals surface area contributed by atoms with E-state index in [0.717, 1.165) is 19.3 Å². The summed E-state index contributed by atoms with van der Waals surface area (Å²) >= 11 is 0. The van der Waals surface area contributed by atoms with Crippen LogP contribution in [-0.4, -0.2) is 17.6 Å². The van der Waals surface area contributed by atoms with Crippen LogP contribution in [0.5, 0.6) is 0 Å². The number of benzene rings is 2. The second-order valence-corrected chi connectivity index (χ2v) is 7.32. The summed E-state index contributed by atoms with van der Waals surface area (Å²) in [5, 5.41) is 5.49. The molecule has 4 rings (SSSR count). The number of ketones is 1. The van der Waals surface area contributed by atoms with Gasteiger partial charge in [-0.2, -0.15) is 0 Å². The highest BCUT2D eigenvalue weighted by molar-refractivity contribution is 6.02. The number of aryl methyl sites for hydroxylation is 2. The predicted octanol–water partition coefficient (Wildman–Crippen LogP) is 4.62. The highest BCUT2D eigenvalue weighted by Gasteiger charge is 2.15. The highest BCUT2D eigenvalue weighted by atomic mass is 16.3. The molecular weight excluding hydrogens is 380 g/mol. The fraction of sp³-hybridized carbons (Fsp3) is 0.208. The molecule has 0 unspecified atom stereocenters.